The van der Waals surface area contributed by atoms with Gasteiger partial charge in [-0.3, -0.25) is 4.90 Å². The molecule has 1 saturated heterocycles. The summed E-state index contributed by atoms with van der Waals surface area (Å²) < 4.78 is 1.24. The lowest BCUT2D eigenvalue weighted by Crippen LogP contribution is -2.47. The fraction of sp³-hybridized carbons (Fsp3) is 0.692. The van der Waals surface area contributed by atoms with Crippen molar-refractivity contribution in [2.45, 2.75) is 45.3 Å². The van der Waals surface area contributed by atoms with Gasteiger partial charge in [0.1, 0.15) is 0 Å². The predicted octanol–water partition coefficient (Wildman–Crippen LogP) is 3.47. The van der Waals surface area contributed by atoms with Crippen molar-refractivity contribution in [2.24, 2.45) is 0 Å². The number of hydrogen-bond acceptors (Lipinski definition) is 3. The minimum absolute atomic E-state index is 0.593. The highest BCUT2D eigenvalue weighted by atomic mass is 79.9. The van der Waals surface area contributed by atoms with Crippen LogP contribution in [0.4, 0.5) is 0 Å². The van der Waals surface area contributed by atoms with Gasteiger partial charge >= 0.3 is 0 Å². The quantitative estimate of drug-likeness (QED) is 0.915. The van der Waals surface area contributed by atoms with E-state index in [0.717, 1.165) is 6.54 Å². The van der Waals surface area contributed by atoms with Crippen LogP contribution >= 0.6 is 27.3 Å². The molecule has 1 fully saturated rings. The Labute approximate surface area is 117 Å². The first kappa shape index (κ1) is 13.5. The van der Waals surface area contributed by atoms with Crippen molar-refractivity contribution >= 4 is 27.3 Å². The van der Waals surface area contributed by atoms with E-state index in [-0.39, 0.29) is 0 Å². The van der Waals surface area contributed by atoms with Gasteiger partial charge in [-0.15, -0.1) is 11.3 Å². The van der Waals surface area contributed by atoms with E-state index in [1.165, 1.54) is 34.6 Å². The van der Waals surface area contributed by atoms with Crippen molar-refractivity contribution in [1.29, 1.82) is 0 Å². The highest BCUT2D eigenvalue weighted by molar-refractivity contribution is 9.11. The Hall–Kier alpha value is 0.1000. The number of rotatable bonds is 4. The highest BCUT2D eigenvalue weighted by Gasteiger charge is 2.20. The number of halogens is 1. The van der Waals surface area contributed by atoms with Crippen molar-refractivity contribution < 1.29 is 0 Å². The fourth-order valence-electron chi connectivity index (χ4n) is 2.46. The first-order valence-electron chi connectivity index (χ1n) is 6.36. The first-order chi connectivity index (χ1) is 8.13. The van der Waals surface area contributed by atoms with Crippen molar-refractivity contribution in [3.05, 3.63) is 20.8 Å². The molecule has 0 aliphatic carbocycles. The van der Waals surface area contributed by atoms with Gasteiger partial charge in [-0.1, -0.05) is 13.8 Å². The van der Waals surface area contributed by atoms with Crippen LogP contribution in [0, 0.1) is 0 Å². The van der Waals surface area contributed by atoms with Crippen LogP contribution in [0.2, 0.25) is 0 Å². The normalized spacial score (nSPS) is 22.2. The largest absolute Gasteiger partial charge is 0.311 e. The molecular formula is C13H21BrN2S. The second-order valence-electron chi connectivity index (χ2n) is 5.10. The minimum atomic E-state index is 0.593. The average Bonchev–Trinajstić information content (AvgIpc) is 2.63. The van der Waals surface area contributed by atoms with Crippen molar-refractivity contribution in [3.8, 4) is 0 Å². The topological polar surface area (TPSA) is 15.3 Å². The first-order valence-corrected chi connectivity index (χ1v) is 7.97. The number of likely N-dealkylation sites (tertiary alicyclic amines) is 1. The van der Waals surface area contributed by atoms with Crippen LogP contribution in [0.25, 0.3) is 0 Å². The van der Waals surface area contributed by atoms with E-state index in [4.69, 9.17) is 0 Å². The lowest BCUT2D eigenvalue weighted by atomic mass is 10.0. The molecular weight excluding hydrogens is 296 g/mol. The SMILES string of the molecule is CC(C)NC1CCCN(Cc2ccc(Br)s2)C1. The molecule has 2 heterocycles. The van der Waals surface area contributed by atoms with E-state index in [9.17, 15) is 0 Å². The highest BCUT2D eigenvalue weighted by Crippen LogP contribution is 2.24. The molecule has 1 atom stereocenters. The maximum Gasteiger partial charge on any atom is 0.0701 e. The molecule has 1 aliphatic rings. The van der Waals surface area contributed by atoms with E-state index < -0.39 is 0 Å². The molecule has 0 saturated carbocycles. The summed E-state index contributed by atoms with van der Waals surface area (Å²) in [6.45, 7) is 8.00. The second-order valence-corrected chi connectivity index (χ2v) is 7.65. The zero-order valence-corrected chi connectivity index (χ0v) is 13.0. The Morgan fingerprint density at radius 2 is 2.35 bits per heavy atom. The molecule has 0 aromatic carbocycles. The summed E-state index contributed by atoms with van der Waals surface area (Å²) in [7, 11) is 0. The molecule has 1 unspecified atom stereocenters. The molecule has 96 valence electrons. The summed E-state index contributed by atoms with van der Waals surface area (Å²) in [6, 6.07) is 5.64. The molecule has 0 amide bonds. The van der Waals surface area contributed by atoms with Gasteiger partial charge in [-0.2, -0.15) is 0 Å². The molecule has 0 spiro atoms. The van der Waals surface area contributed by atoms with Gasteiger partial charge in [0, 0.05) is 30.1 Å². The summed E-state index contributed by atoms with van der Waals surface area (Å²) >= 11 is 5.38. The Morgan fingerprint density at radius 3 is 3.00 bits per heavy atom. The van der Waals surface area contributed by atoms with Crippen LogP contribution in [0.3, 0.4) is 0 Å². The third kappa shape index (κ3) is 4.36. The third-order valence-corrected chi connectivity index (χ3v) is 4.69. The zero-order chi connectivity index (χ0) is 12.3. The van der Waals surface area contributed by atoms with Gasteiger partial charge in [0.25, 0.3) is 0 Å². The van der Waals surface area contributed by atoms with Crippen LogP contribution in [0.1, 0.15) is 31.6 Å². The molecule has 1 N–H and O–H groups in total. The second kappa shape index (κ2) is 6.32. The summed E-state index contributed by atoms with van der Waals surface area (Å²) in [5.41, 5.74) is 0. The van der Waals surface area contributed by atoms with Gasteiger partial charge in [0.05, 0.1) is 3.79 Å². The molecule has 2 rings (SSSR count). The smallest absolute Gasteiger partial charge is 0.0701 e. The summed E-state index contributed by atoms with van der Waals surface area (Å²) in [5.74, 6) is 0. The summed E-state index contributed by atoms with van der Waals surface area (Å²) in [5, 5.41) is 3.66. The van der Waals surface area contributed by atoms with Crippen molar-refractivity contribution in [2.75, 3.05) is 13.1 Å². The van der Waals surface area contributed by atoms with E-state index in [1.807, 2.05) is 11.3 Å². The van der Waals surface area contributed by atoms with Crippen molar-refractivity contribution in [1.82, 2.24) is 10.2 Å². The maximum absolute atomic E-state index is 3.66. The molecule has 17 heavy (non-hydrogen) atoms. The van der Waals surface area contributed by atoms with Crippen LogP contribution in [-0.2, 0) is 6.54 Å². The molecule has 1 aromatic rings. The summed E-state index contributed by atoms with van der Waals surface area (Å²) in [4.78, 5) is 4.03. The Kier molecular flexibility index (Phi) is 5.03. The molecule has 1 aromatic heterocycles. The molecule has 2 nitrogen and oxygen atoms in total. The van der Waals surface area contributed by atoms with Crippen LogP contribution in [0.15, 0.2) is 15.9 Å². The van der Waals surface area contributed by atoms with Gasteiger partial charge in [-0.05, 0) is 47.4 Å². The monoisotopic (exact) mass is 316 g/mol. The average molecular weight is 317 g/mol. The molecule has 1 aliphatic heterocycles. The Morgan fingerprint density at radius 1 is 1.53 bits per heavy atom. The molecule has 4 heteroatoms. The van der Waals surface area contributed by atoms with E-state index in [1.54, 1.807) is 0 Å². The fourth-order valence-corrected chi connectivity index (χ4v) is 3.99. The number of nitrogens with zero attached hydrogens (tertiary/aromatic N) is 1. The van der Waals surface area contributed by atoms with Crippen LogP contribution < -0.4 is 5.32 Å². The third-order valence-electron chi connectivity index (χ3n) is 3.08. The van der Waals surface area contributed by atoms with Gasteiger partial charge < -0.3 is 5.32 Å². The van der Waals surface area contributed by atoms with E-state index in [2.05, 4.69) is 52.1 Å². The lowest BCUT2D eigenvalue weighted by molar-refractivity contribution is 0.180. The van der Waals surface area contributed by atoms with E-state index >= 15 is 0 Å². The summed E-state index contributed by atoms with van der Waals surface area (Å²) in [6.07, 6.45) is 2.64. The zero-order valence-electron chi connectivity index (χ0n) is 10.6. The number of hydrogen-bond donors (Lipinski definition) is 1. The number of piperidine rings is 1. The van der Waals surface area contributed by atoms with Gasteiger partial charge in [0.15, 0.2) is 0 Å². The predicted molar refractivity (Wildman–Crippen MR) is 78.6 cm³/mol. The maximum atomic E-state index is 3.66. The number of thiophene rings is 1. The van der Waals surface area contributed by atoms with Crippen LogP contribution in [0.5, 0.6) is 0 Å². The minimum Gasteiger partial charge on any atom is -0.311 e. The number of nitrogens with one attached hydrogen (secondary N) is 1. The van der Waals surface area contributed by atoms with E-state index in [0.29, 0.717) is 12.1 Å². The lowest BCUT2D eigenvalue weighted by Gasteiger charge is -2.34. The van der Waals surface area contributed by atoms with Gasteiger partial charge in [0.2, 0.25) is 0 Å². The Bertz CT molecular complexity index is 351. The molecule has 0 radical (unpaired) electrons. The molecule has 0 bridgehead atoms. The van der Waals surface area contributed by atoms with Crippen LogP contribution in [-0.4, -0.2) is 30.1 Å². The van der Waals surface area contributed by atoms with Crippen molar-refractivity contribution in [3.63, 3.8) is 0 Å². The Balaban J connectivity index is 1.85. The van der Waals surface area contributed by atoms with Gasteiger partial charge in [-0.25, -0.2) is 0 Å². The standard InChI is InChI=1S/C13H21BrN2S/c1-10(2)15-11-4-3-7-16(8-11)9-12-5-6-13(14)17-12/h5-6,10-11,15H,3-4,7-9H2,1-2H3.